The Morgan fingerprint density at radius 3 is 2.58 bits per heavy atom. The van der Waals surface area contributed by atoms with Gasteiger partial charge in [0.2, 0.25) is 0 Å². The predicted octanol–water partition coefficient (Wildman–Crippen LogP) is 3.18. The van der Waals surface area contributed by atoms with Crippen molar-refractivity contribution in [3.63, 3.8) is 0 Å². The van der Waals surface area contributed by atoms with Crippen LogP contribution in [0.3, 0.4) is 0 Å². The maximum Gasteiger partial charge on any atom is 0.266 e. The summed E-state index contributed by atoms with van der Waals surface area (Å²) in [6.45, 7) is 4.68. The average Bonchev–Trinajstić information content (AvgIpc) is 2.02. The highest BCUT2D eigenvalue weighted by molar-refractivity contribution is 4.79. The van der Waals surface area contributed by atoms with E-state index in [2.05, 4.69) is 6.92 Å². The molecule has 0 aliphatic heterocycles. The number of unbranched alkanes of at least 4 members (excludes halogenated alkanes) is 3. The minimum atomic E-state index is -1.58. The zero-order chi connectivity index (χ0) is 9.23. The van der Waals surface area contributed by atoms with Gasteiger partial charge in [-0.05, 0) is 32.3 Å². The van der Waals surface area contributed by atoms with E-state index < -0.39 is 6.08 Å². The fourth-order valence-corrected chi connectivity index (χ4v) is 0.838. The van der Waals surface area contributed by atoms with Crippen molar-refractivity contribution in [3.8, 4) is 0 Å². The lowest BCUT2D eigenvalue weighted by Crippen LogP contribution is -1.92. The van der Waals surface area contributed by atoms with Crippen molar-refractivity contribution in [2.45, 2.75) is 25.7 Å². The lowest BCUT2D eigenvalue weighted by atomic mass is 10.2. The summed E-state index contributed by atoms with van der Waals surface area (Å²) in [7, 11) is 0. The van der Waals surface area contributed by atoms with E-state index in [4.69, 9.17) is 4.74 Å². The molecule has 0 aromatic rings. The molecule has 0 amide bonds. The second kappa shape index (κ2) is 8.65. The van der Waals surface area contributed by atoms with Gasteiger partial charge in [-0.2, -0.15) is 8.78 Å². The topological polar surface area (TPSA) is 9.23 Å². The van der Waals surface area contributed by atoms with Gasteiger partial charge in [-0.15, -0.1) is 0 Å². The molecule has 3 heteroatoms. The minimum Gasteiger partial charge on any atom is -0.381 e. The molecule has 0 heterocycles. The van der Waals surface area contributed by atoms with Crippen molar-refractivity contribution in [2.75, 3.05) is 13.2 Å². The highest BCUT2D eigenvalue weighted by atomic mass is 19.3. The summed E-state index contributed by atoms with van der Waals surface area (Å²) in [6.07, 6.45) is 2.51. The van der Waals surface area contributed by atoms with E-state index in [0.717, 1.165) is 25.3 Å². The summed E-state index contributed by atoms with van der Waals surface area (Å²) in [5.41, 5.74) is 0. The van der Waals surface area contributed by atoms with Gasteiger partial charge < -0.3 is 4.74 Å². The molecule has 0 aromatic carbocycles. The summed E-state index contributed by atoms with van der Waals surface area (Å²) in [5.74, 6) is 0. The van der Waals surface area contributed by atoms with E-state index >= 15 is 0 Å². The molecule has 0 aromatic heterocycles. The third-order valence-electron chi connectivity index (χ3n) is 1.44. The summed E-state index contributed by atoms with van der Waals surface area (Å²) in [5, 5.41) is 0. The highest BCUT2D eigenvalue weighted by Gasteiger charge is 1.90. The van der Waals surface area contributed by atoms with Gasteiger partial charge in [0, 0.05) is 13.2 Å². The molecule has 0 atom stereocenters. The molecular formula is C9H15F2O. The molecule has 0 saturated heterocycles. The Bertz CT molecular complexity index is 120. The SMILES string of the molecule is [CH2]COCCCCCC=C(F)F. The molecule has 0 unspecified atom stereocenters. The van der Waals surface area contributed by atoms with Gasteiger partial charge >= 0.3 is 0 Å². The molecule has 0 N–H and O–H groups in total. The summed E-state index contributed by atoms with van der Waals surface area (Å²) in [6, 6.07) is 0. The Kier molecular flexibility index (Phi) is 8.34. The third-order valence-corrected chi connectivity index (χ3v) is 1.44. The standard InChI is InChI=1S/C9H15F2O/c1-2-12-8-6-4-3-5-7-9(10)11/h7H,1-6,8H2. The van der Waals surface area contributed by atoms with Gasteiger partial charge in [0.25, 0.3) is 6.08 Å². The fraction of sp³-hybridized carbons (Fsp3) is 0.667. The van der Waals surface area contributed by atoms with Crippen LogP contribution in [0.15, 0.2) is 12.2 Å². The number of hydrogen-bond donors (Lipinski definition) is 0. The van der Waals surface area contributed by atoms with Crippen molar-refractivity contribution in [2.24, 2.45) is 0 Å². The highest BCUT2D eigenvalue weighted by Crippen LogP contribution is 2.05. The second-order valence-corrected chi connectivity index (χ2v) is 2.46. The van der Waals surface area contributed by atoms with Crippen molar-refractivity contribution in [1.82, 2.24) is 0 Å². The first kappa shape index (κ1) is 11.6. The molecule has 0 aliphatic carbocycles. The number of halogens is 2. The Morgan fingerprint density at radius 2 is 2.00 bits per heavy atom. The maximum atomic E-state index is 11.5. The van der Waals surface area contributed by atoms with E-state index in [-0.39, 0.29) is 0 Å². The number of rotatable bonds is 7. The van der Waals surface area contributed by atoms with E-state index in [1.165, 1.54) is 0 Å². The number of allylic oxidation sites excluding steroid dienone is 1. The van der Waals surface area contributed by atoms with E-state index in [1.807, 2.05) is 0 Å². The largest absolute Gasteiger partial charge is 0.381 e. The molecule has 0 spiro atoms. The van der Waals surface area contributed by atoms with Crippen molar-refractivity contribution in [1.29, 1.82) is 0 Å². The first-order chi connectivity index (χ1) is 5.77. The molecule has 12 heavy (non-hydrogen) atoms. The summed E-state index contributed by atoms with van der Waals surface area (Å²) < 4.78 is 28.0. The molecule has 71 valence electrons. The Morgan fingerprint density at radius 1 is 1.25 bits per heavy atom. The molecule has 0 bridgehead atoms. The van der Waals surface area contributed by atoms with E-state index in [1.54, 1.807) is 0 Å². The number of hydrogen-bond acceptors (Lipinski definition) is 1. The first-order valence-electron chi connectivity index (χ1n) is 4.15. The van der Waals surface area contributed by atoms with E-state index in [9.17, 15) is 8.78 Å². The lowest BCUT2D eigenvalue weighted by Gasteiger charge is -1.98. The summed E-state index contributed by atoms with van der Waals surface area (Å²) in [4.78, 5) is 0. The van der Waals surface area contributed by atoms with Crippen LogP contribution in [-0.2, 0) is 4.74 Å². The minimum absolute atomic E-state index is 0.465. The average molecular weight is 177 g/mol. The monoisotopic (exact) mass is 177 g/mol. The van der Waals surface area contributed by atoms with E-state index in [0.29, 0.717) is 19.6 Å². The van der Waals surface area contributed by atoms with Crippen LogP contribution in [0.2, 0.25) is 0 Å². The Balaban J connectivity index is 2.96. The molecular weight excluding hydrogens is 162 g/mol. The lowest BCUT2D eigenvalue weighted by molar-refractivity contribution is 0.156. The molecule has 0 aliphatic rings. The van der Waals surface area contributed by atoms with Gasteiger partial charge in [0.05, 0.1) is 0 Å². The smallest absolute Gasteiger partial charge is 0.266 e. The summed E-state index contributed by atoms with van der Waals surface area (Å²) >= 11 is 0. The van der Waals surface area contributed by atoms with Crippen molar-refractivity contribution < 1.29 is 13.5 Å². The normalized spacial score (nSPS) is 9.92. The maximum absolute atomic E-state index is 11.5. The van der Waals surface area contributed by atoms with Crippen LogP contribution in [0.1, 0.15) is 25.7 Å². The van der Waals surface area contributed by atoms with Crippen molar-refractivity contribution >= 4 is 0 Å². The van der Waals surface area contributed by atoms with Gasteiger partial charge in [0.15, 0.2) is 0 Å². The Labute approximate surface area is 72.4 Å². The zero-order valence-corrected chi connectivity index (χ0v) is 7.19. The molecule has 1 nitrogen and oxygen atoms in total. The van der Waals surface area contributed by atoms with Gasteiger partial charge in [-0.3, -0.25) is 0 Å². The van der Waals surface area contributed by atoms with Gasteiger partial charge in [-0.1, -0.05) is 6.42 Å². The second-order valence-electron chi connectivity index (χ2n) is 2.46. The molecule has 0 saturated carbocycles. The van der Waals surface area contributed by atoms with Crippen LogP contribution in [-0.4, -0.2) is 13.2 Å². The number of ether oxygens (including phenoxy) is 1. The first-order valence-corrected chi connectivity index (χ1v) is 4.15. The zero-order valence-electron chi connectivity index (χ0n) is 7.19. The van der Waals surface area contributed by atoms with Crippen LogP contribution in [0.25, 0.3) is 0 Å². The fourth-order valence-electron chi connectivity index (χ4n) is 0.838. The molecule has 1 radical (unpaired) electrons. The van der Waals surface area contributed by atoms with Crippen molar-refractivity contribution in [3.05, 3.63) is 19.1 Å². The van der Waals surface area contributed by atoms with Crippen LogP contribution >= 0.6 is 0 Å². The molecule has 0 fully saturated rings. The van der Waals surface area contributed by atoms with Crippen LogP contribution < -0.4 is 0 Å². The van der Waals surface area contributed by atoms with Gasteiger partial charge in [0.1, 0.15) is 0 Å². The third kappa shape index (κ3) is 9.56. The quantitative estimate of drug-likeness (QED) is 0.543. The Hall–Kier alpha value is -0.440. The molecule has 0 rings (SSSR count). The van der Waals surface area contributed by atoms with Crippen LogP contribution in [0.4, 0.5) is 8.78 Å². The van der Waals surface area contributed by atoms with Crippen LogP contribution in [0, 0.1) is 6.92 Å². The predicted molar refractivity (Wildman–Crippen MR) is 44.9 cm³/mol. The van der Waals surface area contributed by atoms with Gasteiger partial charge in [-0.25, -0.2) is 0 Å². The van der Waals surface area contributed by atoms with Crippen LogP contribution in [0.5, 0.6) is 0 Å².